The monoisotopic (exact) mass is 323 g/mol. The van der Waals surface area contributed by atoms with Crippen molar-refractivity contribution >= 4 is 11.8 Å². The molecule has 0 saturated heterocycles. The van der Waals surface area contributed by atoms with Crippen LogP contribution in [0.2, 0.25) is 0 Å². The molecule has 3 aromatic rings. The number of nitrogens with one attached hydrogen (secondary N) is 1. The molecular weight excluding hydrogens is 302 g/mol. The molecule has 24 heavy (non-hydrogen) atoms. The van der Waals surface area contributed by atoms with Crippen molar-refractivity contribution in [3.05, 3.63) is 60.3 Å². The Bertz CT molecular complexity index is 767. The van der Waals surface area contributed by atoms with E-state index in [1.807, 2.05) is 31.1 Å². The van der Waals surface area contributed by atoms with Gasteiger partial charge in [0.25, 0.3) is 0 Å². The number of nitrogens with zero attached hydrogens (tertiary/aromatic N) is 6. The molecule has 0 aliphatic heterocycles. The van der Waals surface area contributed by atoms with E-state index in [1.54, 1.807) is 12.5 Å². The molecule has 124 valence electrons. The Hall–Kier alpha value is -2.96. The Labute approximate surface area is 141 Å². The Morgan fingerprint density at radius 2 is 1.96 bits per heavy atom. The molecule has 0 spiro atoms. The largest absolute Gasteiger partial charge is 0.363 e. The minimum absolute atomic E-state index is 0.533. The smallest absolute Gasteiger partial charge is 0.224 e. The van der Waals surface area contributed by atoms with Crippen molar-refractivity contribution in [1.82, 2.24) is 24.7 Å². The number of aryl methyl sites for hydroxylation is 2. The fourth-order valence-electron chi connectivity index (χ4n) is 2.34. The lowest BCUT2D eigenvalue weighted by molar-refractivity contribution is 0.657. The third kappa shape index (κ3) is 4.07. The van der Waals surface area contributed by atoms with Crippen LogP contribution in [0.5, 0.6) is 0 Å². The van der Waals surface area contributed by atoms with Gasteiger partial charge in [0, 0.05) is 26.8 Å². The van der Waals surface area contributed by atoms with Crippen molar-refractivity contribution in [2.24, 2.45) is 0 Å². The molecular formula is C17H21N7. The molecule has 0 aliphatic carbocycles. The predicted molar refractivity (Wildman–Crippen MR) is 93.9 cm³/mol. The second-order valence-electron chi connectivity index (χ2n) is 5.66. The maximum Gasteiger partial charge on any atom is 0.224 e. The summed E-state index contributed by atoms with van der Waals surface area (Å²) in [5.74, 6) is 2.31. The zero-order valence-electron chi connectivity index (χ0n) is 13.9. The summed E-state index contributed by atoms with van der Waals surface area (Å²) in [6.07, 6.45) is 4.44. The lowest BCUT2D eigenvalue weighted by Gasteiger charge is -2.12. The quantitative estimate of drug-likeness (QED) is 0.717. The van der Waals surface area contributed by atoms with Gasteiger partial charge >= 0.3 is 0 Å². The molecule has 0 unspecified atom stereocenters. The van der Waals surface area contributed by atoms with Crippen LogP contribution in [0.3, 0.4) is 0 Å². The first-order valence-electron chi connectivity index (χ1n) is 7.87. The van der Waals surface area contributed by atoms with Gasteiger partial charge in [-0.15, -0.1) is 10.2 Å². The summed E-state index contributed by atoms with van der Waals surface area (Å²) in [4.78, 5) is 10.6. The van der Waals surface area contributed by atoms with E-state index in [-0.39, 0.29) is 0 Å². The van der Waals surface area contributed by atoms with E-state index in [0.717, 1.165) is 24.6 Å². The van der Waals surface area contributed by atoms with Gasteiger partial charge in [0.1, 0.15) is 12.1 Å². The van der Waals surface area contributed by atoms with Gasteiger partial charge in [0.2, 0.25) is 5.95 Å². The standard InChI is InChI=1S/C17H21N7/c1-23(2)15-8-10-18-17(21-15)19-12-16-22-20-13-24(16)11-9-14-6-4-3-5-7-14/h3-8,10,13H,9,11-12H2,1-2H3,(H,18,19,21). The highest BCUT2D eigenvalue weighted by Gasteiger charge is 2.06. The van der Waals surface area contributed by atoms with Crippen molar-refractivity contribution in [2.45, 2.75) is 19.5 Å². The second kappa shape index (κ2) is 7.54. The number of benzene rings is 1. The molecule has 0 bridgehead atoms. The Balaban J connectivity index is 1.60. The molecule has 7 heteroatoms. The Kier molecular flexibility index (Phi) is 5.00. The van der Waals surface area contributed by atoms with Crippen LogP contribution in [-0.2, 0) is 19.5 Å². The van der Waals surface area contributed by atoms with E-state index in [4.69, 9.17) is 0 Å². The van der Waals surface area contributed by atoms with Gasteiger partial charge in [-0.05, 0) is 18.1 Å². The third-order valence-electron chi connectivity index (χ3n) is 3.68. The van der Waals surface area contributed by atoms with Crippen LogP contribution in [0.1, 0.15) is 11.4 Å². The average molecular weight is 323 g/mol. The van der Waals surface area contributed by atoms with Crippen LogP contribution in [0.25, 0.3) is 0 Å². The highest BCUT2D eigenvalue weighted by atomic mass is 15.3. The number of hydrogen-bond acceptors (Lipinski definition) is 6. The van der Waals surface area contributed by atoms with Crippen LogP contribution in [0.15, 0.2) is 48.9 Å². The lowest BCUT2D eigenvalue weighted by atomic mass is 10.1. The van der Waals surface area contributed by atoms with Crippen molar-refractivity contribution < 1.29 is 0 Å². The zero-order chi connectivity index (χ0) is 16.8. The topological polar surface area (TPSA) is 71.8 Å². The normalized spacial score (nSPS) is 10.6. The molecule has 2 aromatic heterocycles. The molecule has 0 aliphatic rings. The van der Waals surface area contributed by atoms with E-state index in [2.05, 4.69) is 54.3 Å². The van der Waals surface area contributed by atoms with Gasteiger partial charge in [-0.1, -0.05) is 30.3 Å². The summed E-state index contributed by atoms with van der Waals surface area (Å²) >= 11 is 0. The molecule has 3 rings (SSSR count). The minimum atomic E-state index is 0.533. The zero-order valence-corrected chi connectivity index (χ0v) is 13.9. The van der Waals surface area contributed by atoms with Crippen molar-refractivity contribution in [2.75, 3.05) is 24.3 Å². The number of hydrogen-bond donors (Lipinski definition) is 1. The molecule has 0 saturated carbocycles. The van der Waals surface area contributed by atoms with E-state index < -0.39 is 0 Å². The molecule has 7 nitrogen and oxygen atoms in total. The van der Waals surface area contributed by atoms with Gasteiger partial charge in [-0.2, -0.15) is 4.98 Å². The van der Waals surface area contributed by atoms with Gasteiger partial charge in [0.15, 0.2) is 5.82 Å². The molecule has 0 fully saturated rings. The van der Waals surface area contributed by atoms with E-state index in [1.165, 1.54) is 5.56 Å². The van der Waals surface area contributed by atoms with Crippen LogP contribution in [0, 0.1) is 0 Å². The average Bonchev–Trinajstić information content (AvgIpc) is 3.07. The molecule has 0 atom stereocenters. The molecule has 1 aromatic carbocycles. The number of aromatic nitrogens is 5. The molecule has 1 N–H and O–H groups in total. The lowest BCUT2D eigenvalue weighted by Crippen LogP contribution is -2.14. The van der Waals surface area contributed by atoms with Crippen LogP contribution in [-0.4, -0.2) is 38.8 Å². The highest BCUT2D eigenvalue weighted by molar-refractivity contribution is 5.40. The van der Waals surface area contributed by atoms with Crippen molar-refractivity contribution in [3.63, 3.8) is 0 Å². The molecule has 2 heterocycles. The van der Waals surface area contributed by atoms with E-state index in [0.29, 0.717) is 12.5 Å². The predicted octanol–water partition coefficient (Wildman–Crippen LogP) is 1.99. The van der Waals surface area contributed by atoms with Gasteiger partial charge in [-0.25, -0.2) is 4.98 Å². The minimum Gasteiger partial charge on any atom is -0.363 e. The number of rotatable bonds is 7. The maximum absolute atomic E-state index is 4.44. The second-order valence-corrected chi connectivity index (χ2v) is 5.66. The van der Waals surface area contributed by atoms with Gasteiger partial charge in [0.05, 0.1) is 6.54 Å². The molecule has 0 radical (unpaired) electrons. The first-order valence-corrected chi connectivity index (χ1v) is 7.87. The summed E-state index contributed by atoms with van der Waals surface area (Å²) in [5, 5.41) is 11.4. The van der Waals surface area contributed by atoms with E-state index in [9.17, 15) is 0 Å². The van der Waals surface area contributed by atoms with E-state index >= 15 is 0 Å². The highest BCUT2D eigenvalue weighted by Crippen LogP contribution is 2.10. The summed E-state index contributed by atoms with van der Waals surface area (Å²) in [5.41, 5.74) is 1.30. The Morgan fingerprint density at radius 3 is 2.75 bits per heavy atom. The first kappa shape index (κ1) is 15.9. The first-order chi connectivity index (χ1) is 11.7. The fraction of sp³-hybridized carbons (Fsp3) is 0.294. The molecule has 0 amide bonds. The van der Waals surface area contributed by atoms with Crippen molar-refractivity contribution in [3.8, 4) is 0 Å². The summed E-state index contributed by atoms with van der Waals surface area (Å²) < 4.78 is 2.05. The van der Waals surface area contributed by atoms with Crippen LogP contribution < -0.4 is 10.2 Å². The van der Waals surface area contributed by atoms with Crippen molar-refractivity contribution in [1.29, 1.82) is 0 Å². The summed E-state index contributed by atoms with van der Waals surface area (Å²) in [6, 6.07) is 12.3. The van der Waals surface area contributed by atoms with Gasteiger partial charge < -0.3 is 14.8 Å². The van der Waals surface area contributed by atoms with Crippen LogP contribution >= 0.6 is 0 Å². The fourth-order valence-corrected chi connectivity index (χ4v) is 2.34. The maximum atomic E-state index is 4.44. The number of anilines is 2. The Morgan fingerprint density at radius 1 is 1.12 bits per heavy atom. The van der Waals surface area contributed by atoms with Gasteiger partial charge in [-0.3, -0.25) is 0 Å². The summed E-state index contributed by atoms with van der Waals surface area (Å²) in [6.45, 7) is 1.37. The van der Waals surface area contributed by atoms with Crippen LogP contribution in [0.4, 0.5) is 11.8 Å². The summed E-state index contributed by atoms with van der Waals surface area (Å²) in [7, 11) is 3.90. The SMILES string of the molecule is CN(C)c1ccnc(NCc2nncn2CCc2ccccc2)n1. The third-order valence-corrected chi connectivity index (χ3v) is 3.68.